The van der Waals surface area contributed by atoms with E-state index in [0.29, 0.717) is 61.0 Å². The fourth-order valence-corrected chi connectivity index (χ4v) is 4.27. The molecular formula is C24H24N4O6. The fourth-order valence-electron chi connectivity index (χ4n) is 4.27. The van der Waals surface area contributed by atoms with Gasteiger partial charge in [-0.3, -0.25) is 14.8 Å². The van der Waals surface area contributed by atoms with Crippen molar-refractivity contribution in [1.82, 2.24) is 20.0 Å². The van der Waals surface area contributed by atoms with Gasteiger partial charge in [-0.15, -0.1) is 0 Å². The summed E-state index contributed by atoms with van der Waals surface area (Å²) >= 11 is 0. The normalized spacial score (nSPS) is 17.3. The number of hydrogen-bond acceptors (Lipinski definition) is 7. The number of para-hydroxylation sites is 1. The Kier molecular flexibility index (Phi) is 5.91. The first-order chi connectivity index (χ1) is 16.5. The molecule has 0 bridgehead atoms. The monoisotopic (exact) mass is 464 g/mol. The largest absolute Gasteiger partial charge is 0.491 e. The van der Waals surface area contributed by atoms with Gasteiger partial charge in [0, 0.05) is 44.2 Å². The number of aromatic amines is 1. The number of Topliss-reactive ketones (excluding diaryl/α,β-unsaturated/α-hetero) is 1. The minimum atomic E-state index is -0.929. The van der Waals surface area contributed by atoms with Gasteiger partial charge in [-0.2, -0.15) is 5.10 Å². The Hall–Kier alpha value is -3.89. The van der Waals surface area contributed by atoms with Gasteiger partial charge < -0.3 is 24.6 Å². The summed E-state index contributed by atoms with van der Waals surface area (Å²) in [5.74, 6) is 0.871. The first-order valence-corrected chi connectivity index (χ1v) is 11.0. The summed E-state index contributed by atoms with van der Waals surface area (Å²) in [7, 11) is 0. The molecule has 0 aliphatic carbocycles. The predicted molar refractivity (Wildman–Crippen MR) is 123 cm³/mol. The molecule has 1 amide bonds. The van der Waals surface area contributed by atoms with E-state index in [-0.39, 0.29) is 24.8 Å². The number of nitrogens with zero attached hydrogens (tertiary/aromatic N) is 3. The van der Waals surface area contributed by atoms with Gasteiger partial charge in [0.2, 0.25) is 5.78 Å². The number of rotatable bonds is 6. The van der Waals surface area contributed by atoms with Gasteiger partial charge in [0.05, 0.1) is 28.9 Å². The third-order valence-corrected chi connectivity index (χ3v) is 6.04. The zero-order valence-corrected chi connectivity index (χ0v) is 18.4. The van der Waals surface area contributed by atoms with Crippen molar-refractivity contribution in [2.45, 2.75) is 6.54 Å². The minimum absolute atomic E-state index is 0.106. The van der Waals surface area contributed by atoms with Crippen molar-refractivity contribution < 1.29 is 29.3 Å². The Morgan fingerprint density at radius 1 is 1.18 bits per heavy atom. The Morgan fingerprint density at radius 2 is 1.97 bits per heavy atom. The van der Waals surface area contributed by atoms with Crippen LogP contribution < -0.4 is 9.47 Å². The van der Waals surface area contributed by atoms with Crippen molar-refractivity contribution in [1.29, 1.82) is 0 Å². The van der Waals surface area contributed by atoms with Crippen molar-refractivity contribution in [3.63, 3.8) is 0 Å². The molecule has 5 rings (SSSR count). The minimum Gasteiger partial charge on any atom is -0.491 e. The number of benzene rings is 2. The number of nitrogens with one attached hydrogen (secondary N) is 1. The molecular weight excluding hydrogens is 440 g/mol. The van der Waals surface area contributed by atoms with Gasteiger partial charge in [0.1, 0.15) is 18.1 Å². The lowest BCUT2D eigenvalue weighted by atomic mass is 10.0. The molecule has 2 aliphatic rings. The number of hydrogen-bond donors (Lipinski definition) is 3. The van der Waals surface area contributed by atoms with Crippen LogP contribution in [0, 0.1) is 0 Å². The van der Waals surface area contributed by atoms with E-state index >= 15 is 0 Å². The van der Waals surface area contributed by atoms with Crippen molar-refractivity contribution in [3.05, 3.63) is 59.0 Å². The second-order valence-electron chi connectivity index (χ2n) is 8.13. The molecule has 0 unspecified atom stereocenters. The molecule has 0 atom stereocenters. The van der Waals surface area contributed by atoms with Crippen LogP contribution >= 0.6 is 0 Å². The van der Waals surface area contributed by atoms with Crippen molar-refractivity contribution in [2.75, 3.05) is 39.4 Å². The Labute approximate surface area is 195 Å². The maximum Gasteiger partial charge on any atom is 0.407 e. The maximum atomic E-state index is 13.1. The number of fused-ring (bicyclic) bond motifs is 2. The first kappa shape index (κ1) is 21.9. The third kappa shape index (κ3) is 4.09. The summed E-state index contributed by atoms with van der Waals surface area (Å²) in [4.78, 5) is 27.8. The van der Waals surface area contributed by atoms with Gasteiger partial charge in [-0.1, -0.05) is 18.2 Å². The highest BCUT2D eigenvalue weighted by atomic mass is 16.5. The molecule has 2 aromatic carbocycles. The standard InChI is InChI=1S/C24H24N4O6/c29-11-12-33-20-6-5-16-22(30)21(13-19-15-3-1-2-4-18(15)25-26-19)34-23(16)17(20)14-27-7-9-28(10-8-27)24(31)32/h1-6,13,29H,7-12,14H2,(H,25,26)(H,31,32)/b21-13-. The zero-order valence-electron chi connectivity index (χ0n) is 18.4. The number of aromatic nitrogens is 2. The van der Waals surface area contributed by atoms with Gasteiger partial charge in [-0.25, -0.2) is 4.79 Å². The number of aliphatic hydroxyl groups is 1. The SMILES string of the molecule is O=C1/C(=C/c2n[nH]c3ccccc23)Oc2c1ccc(OCCO)c2CN1CCN(C(=O)O)CC1. The topological polar surface area (TPSA) is 128 Å². The molecule has 2 aliphatic heterocycles. The Balaban J connectivity index is 1.45. The van der Waals surface area contributed by atoms with Gasteiger partial charge in [0.25, 0.3) is 0 Å². The first-order valence-electron chi connectivity index (χ1n) is 11.0. The highest BCUT2D eigenvalue weighted by molar-refractivity contribution is 6.15. The zero-order chi connectivity index (χ0) is 23.7. The molecule has 3 N–H and O–H groups in total. The van der Waals surface area contributed by atoms with Crippen LogP contribution in [0.2, 0.25) is 0 Å². The highest BCUT2D eigenvalue weighted by Crippen LogP contribution is 2.41. The van der Waals surface area contributed by atoms with Crippen molar-refractivity contribution >= 4 is 28.9 Å². The van der Waals surface area contributed by atoms with E-state index in [0.717, 1.165) is 10.9 Å². The van der Waals surface area contributed by atoms with Crippen molar-refractivity contribution in [2.24, 2.45) is 0 Å². The van der Waals surface area contributed by atoms with Crippen LogP contribution in [0.1, 0.15) is 21.6 Å². The average molecular weight is 464 g/mol. The number of ketones is 1. The number of H-pyrrole nitrogens is 1. The van der Waals surface area contributed by atoms with Gasteiger partial charge >= 0.3 is 6.09 Å². The smallest absolute Gasteiger partial charge is 0.407 e. The number of aliphatic hydroxyl groups excluding tert-OH is 1. The molecule has 176 valence electrons. The number of carbonyl (C=O) groups is 2. The molecule has 0 spiro atoms. The molecule has 10 heteroatoms. The van der Waals surface area contributed by atoms with Crippen LogP contribution in [0.3, 0.4) is 0 Å². The van der Waals surface area contributed by atoms with Crippen molar-refractivity contribution in [3.8, 4) is 11.5 Å². The number of allylic oxidation sites excluding steroid dienone is 1. The van der Waals surface area contributed by atoms with Gasteiger partial charge in [-0.05, 0) is 18.2 Å². The van der Waals surface area contributed by atoms with E-state index in [1.54, 1.807) is 18.2 Å². The van der Waals surface area contributed by atoms with Crippen LogP contribution in [0.15, 0.2) is 42.2 Å². The average Bonchev–Trinajstić information content (AvgIpc) is 3.40. The predicted octanol–water partition coefficient (Wildman–Crippen LogP) is 2.35. The van der Waals surface area contributed by atoms with E-state index in [4.69, 9.17) is 9.47 Å². The van der Waals surface area contributed by atoms with E-state index in [1.165, 1.54) is 4.90 Å². The summed E-state index contributed by atoms with van der Waals surface area (Å²) in [6, 6.07) is 11.0. The van der Waals surface area contributed by atoms with Crippen LogP contribution in [-0.2, 0) is 6.54 Å². The molecule has 3 aromatic rings. The van der Waals surface area contributed by atoms with Crippen LogP contribution in [-0.4, -0.2) is 81.5 Å². The third-order valence-electron chi connectivity index (χ3n) is 6.04. The molecule has 0 saturated carbocycles. The summed E-state index contributed by atoms with van der Waals surface area (Å²) in [5.41, 5.74) is 2.59. The van der Waals surface area contributed by atoms with E-state index < -0.39 is 6.09 Å². The summed E-state index contributed by atoms with van der Waals surface area (Å²) in [5, 5.41) is 26.6. The Morgan fingerprint density at radius 3 is 2.74 bits per heavy atom. The molecule has 10 nitrogen and oxygen atoms in total. The lowest BCUT2D eigenvalue weighted by Gasteiger charge is -2.33. The quantitative estimate of drug-likeness (QED) is 0.474. The van der Waals surface area contributed by atoms with E-state index in [2.05, 4.69) is 15.1 Å². The fraction of sp³-hybridized carbons (Fsp3) is 0.292. The van der Waals surface area contributed by atoms with Crippen LogP contribution in [0.25, 0.3) is 17.0 Å². The van der Waals surface area contributed by atoms with Crippen LogP contribution in [0.5, 0.6) is 11.5 Å². The molecule has 3 heterocycles. The van der Waals surface area contributed by atoms with Gasteiger partial charge in [0.15, 0.2) is 5.76 Å². The summed E-state index contributed by atoms with van der Waals surface area (Å²) in [6.45, 7) is 2.27. The molecule has 34 heavy (non-hydrogen) atoms. The van der Waals surface area contributed by atoms with E-state index in [9.17, 15) is 19.8 Å². The summed E-state index contributed by atoms with van der Waals surface area (Å²) in [6.07, 6.45) is 0.701. The second-order valence-corrected chi connectivity index (χ2v) is 8.13. The lowest BCUT2D eigenvalue weighted by Crippen LogP contribution is -2.47. The molecule has 0 radical (unpaired) electrons. The Bertz CT molecular complexity index is 1280. The lowest BCUT2D eigenvalue weighted by molar-refractivity contribution is 0.101. The molecule has 1 fully saturated rings. The second kappa shape index (κ2) is 9.16. The highest BCUT2D eigenvalue weighted by Gasteiger charge is 2.33. The number of carbonyl (C=O) groups excluding carboxylic acids is 1. The number of piperazine rings is 1. The number of carboxylic acid groups (broad SMARTS) is 1. The van der Waals surface area contributed by atoms with E-state index in [1.807, 2.05) is 24.3 Å². The number of ether oxygens (including phenoxy) is 2. The maximum absolute atomic E-state index is 13.1. The molecule has 1 saturated heterocycles. The number of amides is 1. The molecule has 1 aromatic heterocycles. The summed E-state index contributed by atoms with van der Waals surface area (Å²) < 4.78 is 11.8. The van der Waals surface area contributed by atoms with Crippen LogP contribution in [0.4, 0.5) is 4.79 Å².